The monoisotopic (exact) mass is 292 g/mol. The van der Waals surface area contributed by atoms with E-state index in [-0.39, 0.29) is 18.4 Å². The molecule has 0 aromatic heterocycles. The van der Waals surface area contributed by atoms with Crippen LogP contribution in [0.4, 0.5) is 13.2 Å². The molecule has 1 rings (SSSR count). The minimum absolute atomic E-state index is 0.00513. The Morgan fingerprint density at radius 1 is 1.30 bits per heavy atom. The van der Waals surface area contributed by atoms with Crippen LogP contribution in [0.3, 0.4) is 0 Å². The van der Waals surface area contributed by atoms with E-state index in [1.54, 1.807) is 11.0 Å². The Kier molecular flexibility index (Phi) is 6.04. The average Bonchev–Trinajstić information content (AvgIpc) is 2.41. The van der Waals surface area contributed by atoms with Gasteiger partial charge in [-0.05, 0) is 31.3 Å². The standard InChI is InChI=1S/C13H19F3N2O2/c1-2-3-4-11(19)18-7-5-10(6-8-18)9-17-12(20)13(14,15)16/h3-4,10H,2,5-9H2,1H3,(H,17,20)/b4-3+. The normalized spacial score (nSPS) is 17.5. The second kappa shape index (κ2) is 7.31. The maximum absolute atomic E-state index is 12.0. The highest BCUT2D eigenvalue weighted by molar-refractivity contribution is 5.87. The summed E-state index contributed by atoms with van der Waals surface area (Å²) in [6, 6.07) is 0. The SMILES string of the molecule is CC/C=C/C(=O)N1CCC(CNC(=O)C(F)(F)F)CC1. The van der Waals surface area contributed by atoms with Gasteiger partial charge in [0.05, 0.1) is 0 Å². The zero-order valence-electron chi connectivity index (χ0n) is 11.4. The number of nitrogens with one attached hydrogen (secondary N) is 1. The van der Waals surface area contributed by atoms with Crippen molar-refractivity contribution in [3.05, 3.63) is 12.2 Å². The van der Waals surface area contributed by atoms with E-state index < -0.39 is 12.1 Å². The van der Waals surface area contributed by atoms with Crippen LogP contribution in [0.1, 0.15) is 26.2 Å². The summed E-state index contributed by atoms with van der Waals surface area (Å²) in [4.78, 5) is 24.0. The third-order valence-electron chi connectivity index (χ3n) is 3.23. The molecule has 1 aliphatic rings. The number of carbonyl (C=O) groups excluding carboxylic acids is 2. The molecular formula is C13H19F3N2O2. The number of hydrogen-bond acceptors (Lipinski definition) is 2. The molecule has 1 saturated heterocycles. The number of hydrogen-bond donors (Lipinski definition) is 1. The van der Waals surface area contributed by atoms with Crippen LogP contribution in [0.2, 0.25) is 0 Å². The quantitative estimate of drug-likeness (QED) is 0.804. The summed E-state index contributed by atoms with van der Waals surface area (Å²) in [5.74, 6) is -1.98. The molecule has 1 fully saturated rings. The maximum Gasteiger partial charge on any atom is 0.471 e. The minimum atomic E-state index is -4.83. The van der Waals surface area contributed by atoms with E-state index in [0.29, 0.717) is 25.9 Å². The van der Waals surface area contributed by atoms with Crippen LogP contribution in [0.15, 0.2) is 12.2 Å². The molecule has 114 valence electrons. The van der Waals surface area contributed by atoms with Gasteiger partial charge < -0.3 is 10.2 Å². The van der Waals surface area contributed by atoms with Crippen LogP contribution in [0.5, 0.6) is 0 Å². The van der Waals surface area contributed by atoms with Gasteiger partial charge in [0.2, 0.25) is 5.91 Å². The van der Waals surface area contributed by atoms with Crippen LogP contribution in [-0.2, 0) is 9.59 Å². The van der Waals surface area contributed by atoms with Crippen LogP contribution in [0.25, 0.3) is 0 Å². The van der Waals surface area contributed by atoms with Crippen molar-refractivity contribution in [2.45, 2.75) is 32.4 Å². The van der Waals surface area contributed by atoms with Gasteiger partial charge in [-0.15, -0.1) is 0 Å². The Morgan fingerprint density at radius 3 is 2.40 bits per heavy atom. The zero-order chi connectivity index (χ0) is 15.2. The fourth-order valence-electron chi connectivity index (χ4n) is 2.02. The molecule has 0 saturated carbocycles. The summed E-state index contributed by atoms with van der Waals surface area (Å²) < 4.78 is 36.1. The highest BCUT2D eigenvalue weighted by Crippen LogP contribution is 2.18. The highest BCUT2D eigenvalue weighted by Gasteiger charge is 2.38. The van der Waals surface area contributed by atoms with E-state index in [4.69, 9.17) is 0 Å². The van der Waals surface area contributed by atoms with Gasteiger partial charge >= 0.3 is 12.1 Å². The third kappa shape index (κ3) is 5.22. The molecule has 7 heteroatoms. The number of likely N-dealkylation sites (tertiary alicyclic amines) is 1. The first-order valence-corrected chi connectivity index (χ1v) is 6.65. The Bertz CT molecular complexity index is 372. The van der Waals surface area contributed by atoms with Crippen molar-refractivity contribution in [1.29, 1.82) is 0 Å². The number of carbonyl (C=O) groups is 2. The number of rotatable bonds is 4. The van der Waals surface area contributed by atoms with E-state index in [2.05, 4.69) is 0 Å². The van der Waals surface area contributed by atoms with Gasteiger partial charge in [0, 0.05) is 19.6 Å². The predicted octanol–water partition coefficient (Wildman–Crippen LogP) is 1.87. The van der Waals surface area contributed by atoms with Crippen LogP contribution in [-0.4, -0.2) is 42.5 Å². The number of halogens is 3. The smallest absolute Gasteiger partial charge is 0.348 e. The predicted molar refractivity (Wildman–Crippen MR) is 67.8 cm³/mol. The summed E-state index contributed by atoms with van der Waals surface area (Å²) in [5, 5.41) is 1.89. The zero-order valence-corrected chi connectivity index (χ0v) is 11.4. The summed E-state index contributed by atoms with van der Waals surface area (Å²) >= 11 is 0. The number of piperidine rings is 1. The fourth-order valence-corrected chi connectivity index (χ4v) is 2.02. The van der Waals surface area contributed by atoms with E-state index >= 15 is 0 Å². The number of allylic oxidation sites excluding steroid dienone is 1. The highest BCUT2D eigenvalue weighted by atomic mass is 19.4. The Hall–Kier alpha value is -1.53. The molecule has 1 N–H and O–H groups in total. The lowest BCUT2D eigenvalue weighted by Gasteiger charge is -2.31. The molecule has 0 aromatic carbocycles. The second-order valence-corrected chi connectivity index (χ2v) is 4.79. The summed E-state index contributed by atoms with van der Waals surface area (Å²) in [5.41, 5.74) is 0. The van der Waals surface area contributed by atoms with E-state index in [1.807, 2.05) is 12.2 Å². The molecule has 0 aliphatic carbocycles. The molecule has 0 unspecified atom stereocenters. The van der Waals surface area contributed by atoms with E-state index in [0.717, 1.165) is 6.42 Å². The third-order valence-corrected chi connectivity index (χ3v) is 3.23. The lowest BCUT2D eigenvalue weighted by molar-refractivity contribution is -0.173. The molecule has 20 heavy (non-hydrogen) atoms. The van der Waals surface area contributed by atoms with Gasteiger partial charge in [0.25, 0.3) is 0 Å². The van der Waals surface area contributed by atoms with Gasteiger partial charge in [-0.2, -0.15) is 13.2 Å². The molecule has 0 atom stereocenters. The molecule has 4 nitrogen and oxygen atoms in total. The number of nitrogens with zero attached hydrogens (tertiary/aromatic N) is 1. The summed E-state index contributed by atoms with van der Waals surface area (Å²) in [6.07, 6.45) is 0.449. The second-order valence-electron chi connectivity index (χ2n) is 4.79. The van der Waals surface area contributed by atoms with Gasteiger partial charge in [-0.25, -0.2) is 0 Å². The van der Waals surface area contributed by atoms with Crippen molar-refractivity contribution in [3.8, 4) is 0 Å². The first kappa shape index (κ1) is 16.5. The fraction of sp³-hybridized carbons (Fsp3) is 0.692. The van der Waals surface area contributed by atoms with Crippen molar-refractivity contribution < 1.29 is 22.8 Å². The molecule has 1 aliphatic heterocycles. The molecule has 1 heterocycles. The average molecular weight is 292 g/mol. The lowest BCUT2D eigenvalue weighted by atomic mass is 9.96. The number of amides is 2. The van der Waals surface area contributed by atoms with Gasteiger partial charge in [-0.1, -0.05) is 13.0 Å². The van der Waals surface area contributed by atoms with Crippen molar-refractivity contribution in [2.24, 2.45) is 5.92 Å². The lowest BCUT2D eigenvalue weighted by Crippen LogP contribution is -2.43. The Morgan fingerprint density at radius 2 is 1.90 bits per heavy atom. The molecule has 0 aromatic rings. The van der Waals surface area contributed by atoms with Crippen molar-refractivity contribution in [1.82, 2.24) is 10.2 Å². The molecule has 0 radical (unpaired) electrons. The van der Waals surface area contributed by atoms with Gasteiger partial charge in [0.1, 0.15) is 0 Å². The number of alkyl halides is 3. The Balaban J connectivity index is 2.31. The van der Waals surface area contributed by atoms with Gasteiger partial charge in [-0.3, -0.25) is 9.59 Å². The topological polar surface area (TPSA) is 49.4 Å². The molecule has 0 spiro atoms. The van der Waals surface area contributed by atoms with Crippen molar-refractivity contribution >= 4 is 11.8 Å². The molecular weight excluding hydrogens is 273 g/mol. The molecule has 2 amide bonds. The Labute approximate surface area is 116 Å². The maximum atomic E-state index is 12.0. The van der Waals surface area contributed by atoms with Crippen LogP contribution in [0, 0.1) is 5.92 Å². The molecule has 0 bridgehead atoms. The van der Waals surface area contributed by atoms with E-state index in [9.17, 15) is 22.8 Å². The van der Waals surface area contributed by atoms with E-state index in [1.165, 1.54) is 6.08 Å². The van der Waals surface area contributed by atoms with Crippen molar-refractivity contribution in [2.75, 3.05) is 19.6 Å². The minimum Gasteiger partial charge on any atom is -0.348 e. The van der Waals surface area contributed by atoms with Crippen LogP contribution < -0.4 is 5.32 Å². The first-order chi connectivity index (χ1) is 9.34. The van der Waals surface area contributed by atoms with Crippen LogP contribution >= 0.6 is 0 Å². The first-order valence-electron chi connectivity index (χ1n) is 6.65. The summed E-state index contributed by atoms with van der Waals surface area (Å²) in [7, 11) is 0. The largest absolute Gasteiger partial charge is 0.471 e. The van der Waals surface area contributed by atoms with Gasteiger partial charge in [0.15, 0.2) is 0 Å². The van der Waals surface area contributed by atoms with Crippen molar-refractivity contribution in [3.63, 3.8) is 0 Å². The summed E-state index contributed by atoms with van der Waals surface area (Å²) in [6.45, 7) is 2.96.